The lowest BCUT2D eigenvalue weighted by Crippen LogP contribution is -2.39. The zero-order valence-electron chi connectivity index (χ0n) is 13.0. The number of likely N-dealkylation sites (tertiary alicyclic amines) is 1. The first-order valence-corrected chi connectivity index (χ1v) is 8.21. The van der Waals surface area contributed by atoms with Crippen LogP contribution >= 0.6 is 12.2 Å². The summed E-state index contributed by atoms with van der Waals surface area (Å²) in [7, 11) is 0. The van der Waals surface area contributed by atoms with Crippen molar-refractivity contribution in [2.75, 3.05) is 13.1 Å². The minimum Gasteiger partial charge on any atom is -0.389 e. The molecule has 1 heterocycles. The zero-order valence-corrected chi connectivity index (χ0v) is 13.8. The van der Waals surface area contributed by atoms with Crippen molar-refractivity contribution in [3.8, 4) is 0 Å². The van der Waals surface area contributed by atoms with Crippen LogP contribution in [0.25, 0.3) is 0 Å². The van der Waals surface area contributed by atoms with Gasteiger partial charge in [0.1, 0.15) is 10.8 Å². The molecule has 1 aromatic carbocycles. The number of nitrogens with zero attached hydrogens (tertiary/aromatic N) is 1. The Balaban J connectivity index is 2.06. The van der Waals surface area contributed by atoms with Crippen LogP contribution in [0.3, 0.4) is 0 Å². The van der Waals surface area contributed by atoms with Crippen LogP contribution in [0.15, 0.2) is 18.2 Å². The maximum atomic E-state index is 13.4. The summed E-state index contributed by atoms with van der Waals surface area (Å²) in [6.07, 6.45) is 4.99. The third kappa shape index (κ3) is 3.80. The van der Waals surface area contributed by atoms with Gasteiger partial charge in [0.25, 0.3) is 0 Å². The van der Waals surface area contributed by atoms with Gasteiger partial charge in [0.15, 0.2) is 0 Å². The monoisotopic (exact) mass is 308 g/mol. The van der Waals surface area contributed by atoms with E-state index in [4.69, 9.17) is 18.0 Å². The van der Waals surface area contributed by atoms with Crippen LogP contribution in [0.5, 0.6) is 0 Å². The van der Waals surface area contributed by atoms with Crippen molar-refractivity contribution in [3.05, 3.63) is 35.1 Å². The lowest BCUT2D eigenvalue weighted by atomic mass is 9.74. The van der Waals surface area contributed by atoms with E-state index < -0.39 is 0 Å². The first kappa shape index (κ1) is 16.4. The molecule has 0 bridgehead atoms. The molecule has 0 atom stereocenters. The van der Waals surface area contributed by atoms with E-state index in [0.717, 1.165) is 25.2 Å². The summed E-state index contributed by atoms with van der Waals surface area (Å²) in [6.45, 7) is 7.58. The molecule has 2 N–H and O–H groups in total. The van der Waals surface area contributed by atoms with Gasteiger partial charge in [-0.2, -0.15) is 0 Å². The van der Waals surface area contributed by atoms with Crippen LogP contribution in [0.2, 0.25) is 0 Å². The van der Waals surface area contributed by atoms with Crippen molar-refractivity contribution in [3.63, 3.8) is 0 Å². The van der Waals surface area contributed by atoms with Crippen molar-refractivity contribution >= 4 is 17.2 Å². The maximum Gasteiger partial charge on any atom is 0.123 e. The minimum absolute atomic E-state index is 0.276. The van der Waals surface area contributed by atoms with Gasteiger partial charge >= 0.3 is 0 Å². The molecule has 0 spiro atoms. The number of thiocarbonyl (C=S) groups is 1. The summed E-state index contributed by atoms with van der Waals surface area (Å²) in [5.41, 5.74) is 7.95. The van der Waals surface area contributed by atoms with Crippen LogP contribution in [0.4, 0.5) is 4.39 Å². The molecular formula is C17H25FN2S. The third-order valence-electron chi connectivity index (χ3n) is 5.15. The Morgan fingerprint density at radius 3 is 2.43 bits per heavy atom. The van der Waals surface area contributed by atoms with Crippen molar-refractivity contribution in [2.24, 2.45) is 11.1 Å². The van der Waals surface area contributed by atoms with Gasteiger partial charge in [-0.15, -0.1) is 0 Å². The molecule has 0 unspecified atom stereocenters. The van der Waals surface area contributed by atoms with E-state index in [0.29, 0.717) is 11.0 Å². The first-order valence-electron chi connectivity index (χ1n) is 7.80. The molecule has 0 amide bonds. The number of benzene rings is 1. The Morgan fingerprint density at radius 1 is 1.29 bits per heavy atom. The van der Waals surface area contributed by atoms with Gasteiger partial charge in [-0.25, -0.2) is 4.39 Å². The molecule has 0 aromatic heterocycles. The average molecular weight is 308 g/mol. The minimum atomic E-state index is -0.281. The second-order valence-corrected chi connectivity index (χ2v) is 6.59. The van der Waals surface area contributed by atoms with Crippen molar-refractivity contribution < 1.29 is 4.39 Å². The predicted molar refractivity (Wildman–Crippen MR) is 89.8 cm³/mol. The quantitative estimate of drug-likeness (QED) is 0.838. The fourth-order valence-corrected chi connectivity index (χ4v) is 3.49. The Bertz CT molecular complexity index is 502. The van der Waals surface area contributed by atoms with Gasteiger partial charge in [0, 0.05) is 12.1 Å². The molecule has 4 heteroatoms. The van der Waals surface area contributed by atoms with Crippen LogP contribution in [-0.2, 0) is 6.54 Å². The molecule has 116 valence electrons. The first-order chi connectivity index (χ1) is 9.99. The Morgan fingerprint density at radius 2 is 1.90 bits per heavy atom. The van der Waals surface area contributed by atoms with Gasteiger partial charge in [-0.05, 0) is 49.0 Å². The Labute approximate surface area is 132 Å². The topological polar surface area (TPSA) is 29.3 Å². The molecule has 1 aliphatic rings. The van der Waals surface area contributed by atoms with Gasteiger partial charge in [0.2, 0.25) is 0 Å². The van der Waals surface area contributed by atoms with Crippen molar-refractivity contribution in [1.29, 1.82) is 0 Å². The predicted octanol–water partition coefficient (Wildman–Crippen LogP) is 3.86. The summed E-state index contributed by atoms with van der Waals surface area (Å²) in [5.74, 6) is -0.281. The standard InChI is InChI=1S/C17H25FN2S/c1-3-17(4-2)7-9-20(10-8-17)12-13-5-6-14(18)11-15(13)16(19)21/h5-6,11H,3-4,7-10,12H2,1-2H3,(H2,19,21). The molecule has 1 aromatic rings. The molecule has 1 aliphatic heterocycles. The lowest BCUT2D eigenvalue weighted by Gasteiger charge is -2.41. The number of piperidine rings is 1. The molecular weight excluding hydrogens is 283 g/mol. The third-order valence-corrected chi connectivity index (χ3v) is 5.37. The summed E-state index contributed by atoms with van der Waals surface area (Å²) in [4.78, 5) is 2.71. The smallest absolute Gasteiger partial charge is 0.123 e. The summed E-state index contributed by atoms with van der Waals surface area (Å²) in [6, 6.07) is 4.75. The SMILES string of the molecule is CCC1(CC)CCN(Cc2ccc(F)cc2C(N)=S)CC1. The largest absolute Gasteiger partial charge is 0.389 e. The molecule has 0 aliphatic carbocycles. The molecule has 0 radical (unpaired) electrons. The van der Waals surface area contributed by atoms with Crippen molar-refractivity contribution in [1.82, 2.24) is 4.90 Å². The number of hydrogen-bond donors (Lipinski definition) is 1. The highest BCUT2D eigenvalue weighted by Crippen LogP contribution is 2.38. The van der Waals surface area contributed by atoms with Gasteiger partial charge < -0.3 is 5.73 Å². The molecule has 2 rings (SSSR count). The van der Waals surface area contributed by atoms with E-state index in [1.165, 1.54) is 37.8 Å². The van der Waals surface area contributed by atoms with E-state index in [1.807, 2.05) is 6.07 Å². The second-order valence-electron chi connectivity index (χ2n) is 6.15. The highest BCUT2D eigenvalue weighted by molar-refractivity contribution is 7.80. The zero-order chi connectivity index (χ0) is 15.5. The van der Waals surface area contributed by atoms with E-state index in [2.05, 4.69) is 18.7 Å². The van der Waals surface area contributed by atoms with Crippen LogP contribution < -0.4 is 5.73 Å². The van der Waals surface area contributed by atoms with E-state index in [1.54, 1.807) is 0 Å². The summed E-state index contributed by atoms with van der Waals surface area (Å²) in [5, 5.41) is 0. The molecule has 0 saturated carbocycles. The van der Waals surface area contributed by atoms with Crippen LogP contribution in [0, 0.1) is 11.2 Å². The average Bonchev–Trinajstić information content (AvgIpc) is 2.50. The number of halogens is 1. The van der Waals surface area contributed by atoms with Gasteiger partial charge in [-0.3, -0.25) is 4.90 Å². The Kier molecular flexibility index (Phi) is 5.33. The fourth-order valence-electron chi connectivity index (χ4n) is 3.30. The normalized spacial score (nSPS) is 18.6. The highest BCUT2D eigenvalue weighted by Gasteiger charge is 2.31. The van der Waals surface area contributed by atoms with Gasteiger partial charge in [-0.1, -0.05) is 45.0 Å². The van der Waals surface area contributed by atoms with E-state index in [9.17, 15) is 4.39 Å². The molecule has 21 heavy (non-hydrogen) atoms. The number of rotatable bonds is 5. The van der Waals surface area contributed by atoms with Gasteiger partial charge in [0.05, 0.1) is 0 Å². The summed E-state index contributed by atoms with van der Waals surface area (Å²) >= 11 is 5.04. The maximum absolute atomic E-state index is 13.4. The number of nitrogens with two attached hydrogens (primary N) is 1. The molecule has 2 nitrogen and oxygen atoms in total. The fraction of sp³-hybridized carbons (Fsp3) is 0.588. The highest BCUT2D eigenvalue weighted by atomic mass is 32.1. The van der Waals surface area contributed by atoms with E-state index >= 15 is 0 Å². The second kappa shape index (κ2) is 6.84. The van der Waals surface area contributed by atoms with E-state index in [-0.39, 0.29) is 10.8 Å². The number of hydrogen-bond acceptors (Lipinski definition) is 2. The molecule has 1 saturated heterocycles. The molecule has 1 fully saturated rings. The Hall–Kier alpha value is -1.00. The summed E-state index contributed by atoms with van der Waals surface area (Å²) < 4.78 is 13.4. The van der Waals surface area contributed by atoms with Crippen LogP contribution in [0.1, 0.15) is 50.7 Å². The lowest BCUT2D eigenvalue weighted by molar-refractivity contribution is 0.0908. The van der Waals surface area contributed by atoms with Crippen LogP contribution in [-0.4, -0.2) is 23.0 Å². The van der Waals surface area contributed by atoms with Crippen molar-refractivity contribution in [2.45, 2.75) is 46.1 Å².